The van der Waals surface area contributed by atoms with Crippen LogP contribution >= 0.6 is 0 Å². The maximum atomic E-state index is 10.8. The van der Waals surface area contributed by atoms with Crippen molar-refractivity contribution < 1.29 is 24.9 Å². The second-order valence-corrected chi connectivity index (χ2v) is 5.20. The minimum atomic E-state index is -1.52. The highest BCUT2D eigenvalue weighted by Crippen LogP contribution is 2.25. The first-order valence-corrected chi connectivity index (χ1v) is 6.31. The summed E-state index contributed by atoms with van der Waals surface area (Å²) >= 11 is 0. The number of hydrogen-bond donors (Lipinski definition) is 3. The molecule has 3 N–H and O–H groups in total. The van der Waals surface area contributed by atoms with Crippen molar-refractivity contribution in [2.24, 2.45) is 0 Å². The van der Waals surface area contributed by atoms with Gasteiger partial charge in [0.15, 0.2) is 0 Å². The molecule has 1 rings (SSSR count). The number of rotatable bonds is 7. The van der Waals surface area contributed by atoms with Crippen molar-refractivity contribution in [3.05, 3.63) is 12.2 Å². The Balaban J connectivity index is 2.26. The molecule has 0 aliphatic carbocycles. The fourth-order valence-electron chi connectivity index (χ4n) is 1.92. The van der Waals surface area contributed by atoms with Crippen molar-refractivity contribution in [1.82, 2.24) is 0 Å². The topological polar surface area (TPSA) is 87.0 Å². The van der Waals surface area contributed by atoms with Gasteiger partial charge in [0, 0.05) is 18.9 Å². The highest BCUT2D eigenvalue weighted by molar-refractivity contribution is 5.84. The second-order valence-electron chi connectivity index (χ2n) is 5.20. The van der Waals surface area contributed by atoms with Crippen LogP contribution in [0.15, 0.2) is 12.2 Å². The lowest BCUT2D eigenvalue weighted by Gasteiger charge is -2.25. The molecule has 0 bridgehead atoms. The molecule has 0 aromatic heterocycles. The van der Waals surface area contributed by atoms with Gasteiger partial charge in [0.25, 0.3) is 0 Å². The average Bonchev–Trinajstić information content (AvgIpc) is 2.58. The average molecular weight is 258 g/mol. The van der Waals surface area contributed by atoms with Crippen LogP contribution in [0.4, 0.5) is 0 Å². The Morgan fingerprint density at radius 1 is 1.56 bits per heavy atom. The summed E-state index contributed by atoms with van der Waals surface area (Å²) in [5, 5.41) is 29.4. The molecule has 0 spiro atoms. The molecule has 1 aliphatic heterocycles. The SMILES string of the molecule is CCC(C)(O)CC(O)CCC[C@@]1(O)C=CC(=O)O1. The smallest absolute Gasteiger partial charge is 0.333 e. The van der Waals surface area contributed by atoms with E-state index in [2.05, 4.69) is 0 Å². The monoisotopic (exact) mass is 258 g/mol. The molecule has 2 unspecified atom stereocenters. The third kappa shape index (κ3) is 4.76. The van der Waals surface area contributed by atoms with Crippen LogP contribution in [-0.4, -0.2) is 38.8 Å². The van der Waals surface area contributed by atoms with E-state index < -0.39 is 23.5 Å². The van der Waals surface area contributed by atoms with E-state index in [1.54, 1.807) is 6.92 Å². The van der Waals surface area contributed by atoms with E-state index in [0.29, 0.717) is 25.7 Å². The molecule has 3 atom stereocenters. The molecule has 0 saturated carbocycles. The zero-order valence-electron chi connectivity index (χ0n) is 10.9. The summed E-state index contributed by atoms with van der Waals surface area (Å²) in [6.45, 7) is 3.55. The van der Waals surface area contributed by atoms with Crippen LogP contribution in [0, 0.1) is 0 Å². The van der Waals surface area contributed by atoms with Gasteiger partial charge in [-0.2, -0.15) is 0 Å². The van der Waals surface area contributed by atoms with Crippen molar-refractivity contribution in [2.45, 2.75) is 63.4 Å². The Morgan fingerprint density at radius 3 is 2.72 bits per heavy atom. The van der Waals surface area contributed by atoms with Gasteiger partial charge in [-0.1, -0.05) is 6.92 Å². The number of esters is 1. The van der Waals surface area contributed by atoms with Crippen LogP contribution in [0.25, 0.3) is 0 Å². The lowest BCUT2D eigenvalue weighted by Crippen LogP contribution is -2.30. The van der Waals surface area contributed by atoms with Crippen molar-refractivity contribution in [1.29, 1.82) is 0 Å². The summed E-state index contributed by atoms with van der Waals surface area (Å²) < 4.78 is 4.73. The first kappa shape index (κ1) is 15.1. The van der Waals surface area contributed by atoms with Gasteiger partial charge in [0.2, 0.25) is 5.79 Å². The largest absolute Gasteiger partial charge is 0.426 e. The molecular weight excluding hydrogens is 236 g/mol. The van der Waals surface area contributed by atoms with Crippen molar-refractivity contribution in [2.75, 3.05) is 0 Å². The molecule has 0 radical (unpaired) electrons. The standard InChI is InChI=1S/C13H22O5/c1-3-12(2,16)9-10(14)5-4-7-13(17)8-6-11(15)18-13/h6,8,10,14,16-17H,3-5,7,9H2,1-2H3/t10?,12?,13-/m0/s1. The fraction of sp³-hybridized carbons (Fsp3) is 0.769. The van der Waals surface area contributed by atoms with Crippen LogP contribution in [-0.2, 0) is 9.53 Å². The minimum Gasteiger partial charge on any atom is -0.426 e. The van der Waals surface area contributed by atoms with Gasteiger partial charge in [-0.25, -0.2) is 4.79 Å². The Kier molecular flexibility index (Phi) is 4.90. The first-order valence-electron chi connectivity index (χ1n) is 6.31. The Labute approximate surface area is 107 Å². The molecule has 0 saturated heterocycles. The number of aliphatic hydroxyl groups is 3. The Morgan fingerprint density at radius 2 is 2.22 bits per heavy atom. The maximum Gasteiger partial charge on any atom is 0.333 e. The molecule has 1 heterocycles. The number of hydrogen-bond acceptors (Lipinski definition) is 5. The van der Waals surface area contributed by atoms with E-state index in [0.717, 1.165) is 0 Å². The van der Waals surface area contributed by atoms with Gasteiger partial charge in [-0.3, -0.25) is 0 Å². The second kappa shape index (κ2) is 5.82. The van der Waals surface area contributed by atoms with E-state index in [-0.39, 0.29) is 6.42 Å². The van der Waals surface area contributed by atoms with Crippen LogP contribution in [0.1, 0.15) is 46.0 Å². The lowest BCUT2D eigenvalue weighted by atomic mass is 9.93. The van der Waals surface area contributed by atoms with E-state index in [1.165, 1.54) is 12.2 Å². The number of carbonyl (C=O) groups is 1. The van der Waals surface area contributed by atoms with Crippen LogP contribution in [0.3, 0.4) is 0 Å². The maximum absolute atomic E-state index is 10.8. The van der Waals surface area contributed by atoms with Gasteiger partial charge in [0.1, 0.15) is 0 Å². The first-order chi connectivity index (χ1) is 8.26. The number of aliphatic hydroxyl groups excluding tert-OH is 1. The summed E-state index contributed by atoms with van der Waals surface area (Å²) in [5.41, 5.74) is -0.865. The molecule has 0 amide bonds. The molecule has 0 aromatic rings. The van der Waals surface area contributed by atoms with E-state index in [4.69, 9.17) is 4.74 Å². The molecular formula is C13H22O5. The van der Waals surface area contributed by atoms with E-state index in [1.807, 2.05) is 6.92 Å². The zero-order valence-corrected chi connectivity index (χ0v) is 10.9. The molecule has 1 aliphatic rings. The van der Waals surface area contributed by atoms with Gasteiger partial charge in [0.05, 0.1) is 11.7 Å². The van der Waals surface area contributed by atoms with Crippen molar-refractivity contribution in [3.63, 3.8) is 0 Å². The van der Waals surface area contributed by atoms with E-state index in [9.17, 15) is 20.1 Å². The summed E-state index contributed by atoms with van der Waals surface area (Å²) in [6, 6.07) is 0. The quantitative estimate of drug-likeness (QED) is 0.590. The van der Waals surface area contributed by atoms with Gasteiger partial charge < -0.3 is 20.1 Å². The van der Waals surface area contributed by atoms with Gasteiger partial charge in [-0.05, 0) is 32.3 Å². The fourth-order valence-corrected chi connectivity index (χ4v) is 1.92. The molecule has 5 nitrogen and oxygen atoms in total. The van der Waals surface area contributed by atoms with E-state index >= 15 is 0 Å². The third-order valence-corrected chi connectivity index (χ3v) is 3.27. The number of carbonyl (C=O) groups excluding carboxylic acids is 1. The lowest BCUT2D eigenvalue weighted by molar-refractivity contribution is -0.180. The third-order valence-electron chi connectivity index (χ3n) is 3.27. The summed E-state index contributed by atoms with van der Waals surface area (Å²) in [7, 11) is 0. The normalized spacial score (nSPS) is 27.9. The number of ether oxygens (including phenoxy) is 1. The van der Waals surface area contributed by atoms with Crippen LogP contribution in [0.5, 0.6) is 0 Å². The highest BCUT2D eigenvalue weighted by atomic mass is 16.7. The Hall–Kier alpha value is -0.910. The van der Waals surface area contributed by atoms with Crippen molar-refractivity contribution >= 4 is 5.97 Å². The van der Waals surface area contributed by atoms with Crippen molar-refractivity contribution in [3.8, 4) is 0 Å². The molecule has 5 heteroatoms. The predicted octanol–water partition coefficient (Wildman–Crippen LogP) is 0.870. The number of cyclic esters (lactones) is 1. The summed E-state index contributed by atoms with van der Waals surface area (Å²) in [6.07, 6.45) is 3.98. The van der Waals surface area contributed by atoms with Gasteiger partial charge in [-0.15, -0.1) is 0 Å². The van der Waals surface area contributed by atoms with Gasteiger partial charge >= 0.3 is 5.97 Å². The molecule has 0 aromatic carbocycles. The molecule has 104 valence electrons. The minimum absolute atomic E-state index is 0.251. The highest BCUT2D eigenvalue weighted by Gasteiger charge is 2.32. The zero-order chi connectivity index (χ0) is 13.8. The summed E-state index contributed by atoms with van der Waals surface area (Å²) in [5.74, 6) is -2.07. The molecule has 0 fully saturated rings. The van der Waals surface area contributed by atoms with Crippen LogP contribution < -0.4 is 0 Å². The van der Waals surface area contributed by atoms with Crippen LogP contribution in [0.2, 0.25) is 0 Å². The predicted molar refractivity (Wildman–Crippen MR) is 65.6 cm³/mol. The summed E-state index contributed by atoms with van der Waals surface area (Å²) in [4.78, 5) is 10.8. The molecule has 18 heavy (non-hydrogen) atoms. The Bertz CT molecular complexity index is 323.